The molecule has 1 aromatic heterocycles. The van der Waals surface area contributed by atoms with Crippen molar-refractivity contribution in [3.63, 3.8) is 0 Å². The van der Waals surface area contributed by atoms with Gasteiger partial charge in [-0.15, -0.1) is 0 Å². The van der Waals surface area contributed by atoms with Gasteiger partial charge in [0.1, 0.15) is 5.76 Å². The van der Waals surface area contributed by atoms with Crippen LogP contribution in [0.25, 0.3) is 0 Å². The molecule has 2 heterocycles. The molecule has 0 spiro atoms. The number of aryl methyl sites for hydroxylation is 1. The molecule has 2 rings (SSSR count). The Morgan fingerprint density at radius 2 is 2.22 bits per heavy atom. The molecule has 0 saturated carbocycles. The van der Waals surface area contributed by atoms with Crippen LogP contribution in [0, 0.1) is 12.8 Å². The van der Waals surface area contributed by atoms with Crippen molar-refractivity contribution < 1.29 is 17.6 Å². The summed E-state index contributed by atoms with van der Waals surface area (Å²) in [7, 11) is -0.828. The number of hydrogen-bond acceptors (Lipinski definition) is 5. The Bertz CT molecular complexity index is 646. The van der Waals surface area contributed by atoms with Gasteiger partial charge >= 0.3 is 0 Å². The average molecular weight is 343 g/mol. The zero-order chi connectivity index (χ0) is 17.0. The number of hydrogen-bond donors (Lipinski definition) is 2. The van der Waals surface area contributed by atoms with E-state index in [9.17, 15) is 13.2 Å². The smallest absolute Gasteiger partial charge is 0.275 e. The van der Waals surface area contributed by atoms with Gasteiger partial charge < -0.3 is 15.1 Å². The Balaban J connectivity index is 1.96. The number of carbonyl (C=O) groups is 1. The lowest BCUT2D eigenvalue weighted by molar-refractivity contribution is 0.0949. The molecule has 0 aliphatic carbocycles. The van der Waals surface area contributed by atoms with E-state index < -0.39 is 10.0 Å². The maximum atomic E-state index is 12.2. The number of carbonyl (C=O) groups excluding carboxylic acids is 1. The van der Waals surface area contributed by atoms with Gasteiger partial charge in [-0.25, -0.2) is 12.7 Å². The Morgan fingerprint density at radius 1 is 1.48 bits per heavy atom. The van der Waals surface area contributed by atoms with Crippen LogP contribution in [0.15, 0.2) is 15.6 Å². The van der Waals surface area contributed by atoms with Crippen molar-refractivity contribution in [2.75, 3.05) is 33.7 Å². The molecule has 0 bridgehead atoms. The normalized spacial score (nSPS) is 19.0. The molecule has 1 fully saturated rings. The van der Waals surface area contributed by atoms with Crippen molar-refractivity contribution in [2.45, 2.75) is 31.3 Å². The molecule has 7 nitrogen and oxygen atoms in total. The van der Waals surface area contributed by atoms with E-state index in [4.69, 9.17) is 4.42 Å². The summed E-state index contributed by atoms with van der Waals surface area (Å²) < 4.78 is 30.4. The fraction of sp³-hybridized carbons (Fsp3) is 0.667. The van der Waals surface area contributed by atoms with Gasteiger partial charge in [-0.05, 0) is 45.2 Å². The van der Waals surface area contributed by atoms with E-state index in [-0.39, 0.29) is 16.6 Å². The standard InChI is InChI=1S/C15H25N3O4S/c1-11-13(9-14(22-11)23(20,21)18(2)3)15(19)17-8-6-12-5-4-7-16-10-12/h9,12,16H,4-8,10H2,1-3H3,(H,17,19). The first kappa shape index (κ1) is 18.0. The molecule has 8 heteroatoms. The van der Waals surface area contributed by atoms with E-state index in [1.807, 2.05) is 0 Å². The predicted molar refractivity (Wildman–Crippen MR) is 86.9 cm³/mol. The van der Waals surface area contributed by atoms with E-state index in [0.29, 0.717) is 18.2 Å². The average Bonchev–Trinajstić information content (AvgIpc) is 2.91. The predicted octanol–water partition coefficient (Wildman–Crippen LogP) is 0.958. The lowest BCUT2D eigenvalue weighted by atomic mass is 9.96. The zero-order valence-electron chi connectivity index (χ0n) is 13.9. The van der Waals surface area contributed by atoms with Gasteiger partial charge in [0.15, 0.2) is 0 Å². The van der Waals surface area contributed by atoms with Crippen LogP contribution in [0.5, 0.6) is 0 Å². The fourth-order valence-corrected chi connectivity index (χ4v) is 3.50. The maximum absolute atomic E-state index is 12.2. The summed E-state index contributed by atoms with van der Waals surface area (Å²) in [6.45, 7) is 4.23. The highest BCUT2D eigenvalue weighted by Crippen LogP contribution is 2.21. The molecular weight excluding hydrogens is 318 g/mol. The maximum Gasteiger partial charge on any atom is 0.275 e. The van der Waals surface area contributed by atoms with Crippen LogP contribution in [-0.4, -0.2) is 52.4 Å². The molecule has 1 aromatic rings. The summed E-state index contributed by atoms with van der Waals surface area (Å²) in [5.41, 5.74) is 0.271. The SMILES string of the molecule is Cc1oc(S(=O)(=O)N(C)C)cc1C(=O)NCCC1CCCNC1. The minimum atomic E-state index is -3.67. The van der Waals surface area contributed by atoms with Crippen molar-refractivity contribution in [1.29, 1.82) is 0 Å². The summed E-state index contributed by atoms with van der Waals surface area (Å²) >= 11 is 0. The van der Waals surface area contributed by atoms with Gasteiger partial charge in [-0.2, -0.15) is 0 Å². The highest BCUT2D eigenvalue weighted by Gasteiger charge is 2.25. The third-order valence-corrected chi connectivity index (χ3v) is 5.78. The number of nitrogens with zero attached hydrogens (tertiary/aromatic N) is 1. The molecule has 23 heavy (non-hydrogen) atoms. The summed E-state index contributed by atoms with van der Waals surface area (Å²) in [4.78, 5) is 12.2. The van der Waals surface area contributed by atoms with E-state index in [0.717, 1.165) is 23.8 Å². The first-order chi connectivity index (χ1) is 10.8. The third kappa shape index (κ3) is 4.33. The van der Waals surface area contributed by atoms with Crippen LogP contribution >= 0.6 is 0 Å². The van der Waals surface area contributed by atoms with Crippen molar-refractivity contribution in [3.8, 4) is 0 Å². The van der Waals surface area contributed by atoms with E-state index >= 15 is 0 Å². The van der Waals surface area contributed by atoms with Crippen LogP contribution in [0.2, 0.25) is 0 Å². The lowest BCUT2D eigenvalue weighted by Gasteiger charge is -2.22. The van der Waals surface area contributed by atoms with Crippen molar-refractivity contribution in [1.82, 2.24) is 14.9 Å². The van der Waals surface area contributed by atoms with E-state index in [2.05, 4.69) is 10.6 Å². The number of rotatable bonds is 6. The number of piperidine rings is 1. The zero-order valence-corrected chi connectivity index (χ0v) is 14.7. The lowest BCUT2D eigenvalue weighted by Crippen LogP contribution is -2.33. The van der Waals surface area contributed by atoms with Crippen molar-refractivity contribution in [3.05, 3.63) is 17.4 Å². The second kappa shape index (κ2) is 7.46. The highest BCUT2D eigenvalue weighted by atomic mass is 32.2. The van der Waals surface area contributed by atoms with E-state index in [1.165, 1.54) is 33.0 Å². The van der Waals surface area contributed by atoms with Crippen LogP contribution in [-0.2, 0) is 10.0 Å². The first-order valence-electron chi connectivity index (χ1n) is 7.84. The largest absolute Gasteiger partial charge is 0.448 e. The molecule has 1 aliphatic heterocycles. The number of amides is 1. The highest BCUT2D eigenvalue weighted by molar-refractivity contribution is 7.88. The van der Waals surface area contributed by atoms with Crippen LogP contribution in [0.3, 0.4) is 0 Å². The van der Waals surface area contributed by atoms with Gasteiger partial charge in [-0.3, -0.25) is 4.79 Å². The summed E-state index contributed by atoms with van der Waals surface area (Å²) in [5.74, 6) is 0.594. The first-order valence-corrected chi connectivity index (χ1v) is 9.28. The number of furan rings is 1. The number of sulfonamides is 1. The molecule has 130 valence electrons. The van der Waals surface area contributed by atoms with Gasteiger partial charge in [0, 0.05) is 26.7 Å². The Labute approximate surface area is 137 Å². The molecule has 2 N–H and O–H groups in total. The van der Waals surface area contributed by atoms with Crippen molar-refractivity contribution >= 4 is 15.9 Å². The second-order valence-electron chi connectivity index (χ2n) is 6.08. The van der Waals surface area contributed by atoms with Gasteiger partial charge in [0.2, 0.25) is 5.09 Å². The van der Waals surface area contributed by atoms with Gasteiger partial charge in [-0.1, -0.05) is 0 Å². The Hall–Kier alpha value is -1.38. The molecule has 1 atom stereocenters. The Morgan fingerprint density at radius 3 is 2.83 bits per heavy atom. The Kier molecular flexibility index (Phi) is 5.83. The van der Waals surface area contributed by atoms with Crippen LogP contribution < -0.4 is 10.6 Å². The second-order valence-corrected chi connectivity index (χ2v) is 8.16. The molecule has 0 aromatic carbocycles. The van der Waals surface area contributed by atoms with Gasteiger partial charge in [0.05, 0.1) is 5.56 Å². The third-order valence-electron chi connectivity index (χ3n) is 4.11. The number of nitrogens with one attached hydrogen (secondary N) is 2. The minimum Gasteiger partial charge on any atom is -0.448 e. The van der Waals surface area contributed by atoms with Gasteiger partial charge in [0.25, 0.3) is 15.9 Å². The quantitative estimate of drug-likeness (QED) is 0.803. The molecule has 1 amide bonds. The fourth-order valence-electron chi connectivity index (χ4n) is 2.64. The van der Waals surface area contributed by atoms with Crippen LogP contribution in [0.1, 0.15) is 35.4 Å². The topological polar surface area (TPSA) is 91.7 Å². The molecule has 0 radical (unpaired) electrons. The molecule has 1 saturated heterocycles. The van der Waals surface area contributed by atoms with Crippen molar-refractivity contribution in [2.24, 2.45) is 5.92 Å². The minimum absolute atomic E-state index is 0.207. The summed E-state index contributed by atoms with van der Waals surface area (Å²) in [6.07, 6.45) is 3.27. The molecule has 1 aliphatic rings. The molecule has 1 unspecified atom stereocenters. The molecular formula is C15H25N3O4S. The monoisotopic (exact) mass is 343 g/mol. The summed E-state index contributed by atoms with van der Waals surface area (Å²) in [5, 5.41) is 5.98. The summed E-state index contributed by atoms with van der Waals surface area (Å²) in [6, 6.07) is 1.29. The van der Waals surface area contributed by atoms with Crippen LogP contribution in [0.4, 0.5) is 0 Å². The van der Waals surface area contributed by atoms with E-state index in [1.54, 1.807) is 6.92 Å².